The van der Waals surface area contributed by atoms with E-state index < -0.39 is 47.5 Å². The molecule has 0 heterocycles. The smallest absolute Gasteiger partial charge is 0.408 e. The second kappa shape index (κ2) is 13.8. The fourth-order valence-electron chi connectivity index (χ4n) is 2.86. The zero-order valence-electron chi connectivity index (χ0n) is 19.9. The highest BCUT2D eigenvalue weighted by Crippen LogP contribution is 2.09. The fourth-order valence-corrected chi connectivity index (χ4v) is 2.86. The minimum Gasteiger partial charge on any atom is -0.481 e. The van der Waals surface area contributed by atoms with Gasteiger partial charge in [-0.1, -0.05) is 30.3 Å². The van der Waals surface area contributed by atoms with Gasteiger partial charge in [0.25, 0.3) is 0 Å². The van der Waals surface area contributed by atoms with Gasteiger partial charge >= 0.3 is 18.0 Å². The van der Waals surface area contributed by atoms with Crippen molar-refractivity contribution in [2.24, 2.45) is 0 Å². The van der Waals surface area contributed by atoms with Crippen molar-refractivity contribution in [2.45, 2.75) is 64.1 Å². The number of hydrogen-bond donors (Lipinski definition) is 4. The number of carboxylic acids is 1. The van der Waals surface area contributed by atoms with E-state index in [4.69, 9.17) is 9.84 Å². The van der Waals surface area contributed by atoms with Gasteiger partial charge in [-0.25, -0.2) is 9.59 Å². The van der Waals surface area contributed by atoms with Crippen molar-refractivity contribution >= 4 is 29.8 Å². The number of carbonyl (C=O) groups excluding carboxylic acids is 4. The first-order valence-corrected chi connectivity index (χ1v) is 10.8. The third-order valence-corrected chi connectivity index (χ3v) is 4.41. The van der Waals surface area contributed by atoms with E-state index in [0.717, 1.165) is 12.7 Å². The molecule has 1 rings (SSSR count). The van der Waals surface area contributed by atoms with Crippen molar-refractivity contribution < 1.29 is 38.6 Å². The van der Waals surface area contributed by atoms with Gasteiger partial charge in [0.15, 0.2) is 0 Å². The van der Waals surface area contributed by atoms with Crippen LogP contribution in [-0.4, -0.2) is 66.3 Å². The van der Waals surface area contributed by atoms with Crippen molar-refractivity contribution in [1.29, 1.82) is 0 Å². The molecule has 0 aliphatic carbocycles. The summed E-state index contributed by atoms with van der Waals surface area (Å²) in [5, 5.41) is 16.3. The van der Waals surface area contributed by atoms with Gasteiger partial charge in [0.2, 0.25) is 11.8 Å². The summed E-state index contributed by atoms with van der Waals surface area (Å²) in [5.74, 6) is -2.96. The highest BCUT2D eigenvalue weighted by Gasteiger charge is 2.25. The van der Waals surface area contributed by atoms with Crippen LogP contribution in [0.2, 0.25) is 0 Å². The van der Waals surface area contributed by atoms with Gasteiger partial charge in [0.1, 0.15) is 17.7 Å². The summed E-state index contributed by atoms with van der Waals surface area (Å²) in [6.07, 6.45) is -1.16. The lowest BCUT2D eigenvalue weighted by Crippen LogP contribution is -2.50. The van der Waals surface area contributed by atoms with E-state index in [-0.39, 0.29) is 32.2 Å². The van der Waals surface area contributed by atoms with E-state index in [9.17, 15) is 24.0 Å². The summed E-state index contributed by atoms with van der Waals surface area (Å²) in [6.45, 7) is 5.04. The Hall–Kier alpha value is -3.63. The van der Waals surface area contributed by atoms with E-state index in [1.54, 1.807) is 20.8 Å². The summed E-state index contributed by atoms with van der Waals surface area (Å²) >= 11 is 0. The largest absolute Gasteiger partial charge is 0.481 e. The molecule has 11 heteroatoms. The van der Waals surface area contributed by atoms with Crippen LogP contribution < -0.4 is 16.0 Å². The second-order valence-corrected chi connectivity index (χ2v) is 8.51. The number of nitrogens with one attached hydrogen (secondary N) is 3. The molecule has 11 nitrogen and oxygen atoms in total. The first-order chi connectivity index (χ1) is 15.9. The van der Waals surface area contributed by atoms with Gasteiger partial charge in [-0.3, -0.25) is 14.4 Å². The molecule has 0 aliphatic rings. The summed E-state index contributed by atoms with van der Waals surface area (Å²) < 4.78 is 9.81. The number of carbonyl (C=O) groups is 5. The molecule has 0 unspecified atom stereocenters. The molecule has 0 fully saturated rings. The molecule has 34 heavy (non-hydrogen) atoms. The molecule has 0 radical (unpaired) electrons. The van der Waals surface area contributed by atoms with E-state index in [0.29, 0.717) is 0 Å². The number of carboxylic acid groups (broad SMARTS) is 1. The maximum atomic E-state index is 12.7. The Balaban J connectivity index is 2.68. The average molecular weight is 480 g/mol. The van der Waals surface area contributed by atoms with Crippen LogP contribution in [0.15, 0.2) is 30.3 Å². The van der Waals surface area contributed by atoms with Crippen LogP contribution in [0.4, 0.5) is 4.79 Å². The van der Waals surface area contributed by atoms with Gasteiger partial charge in [0.05, 0.1) is 7.11 Å². The molecule has 2 atom stereocenters. The van der Waals surface area contributed by atoms with Crippen LogP contribution in [-0.2, 0) is 35.1 Å². The molecule has 0 aliphatic heterocycles. The Kier molecular flexibility index (Phi) is 11.5. The van der Waals surface area contributed by atoms with Gasteiger partial charge in [-0.05, 0) is 32.8 Å². The number of hydrogen-bond acceptors (Lipinski definition) is 7. The Morgan fingerprint density at radius 2 is 1.62 bits per heavy atom. The molecule has 1 aromatic carbocycles. The third-order valence-electron chi connectivity index (χ3n) is 4.41. The summed E-state index contributed by atoms with van der Waals surface area (Å²) in [5.41, 5.74) is 0.0723. The number of ether oxygens (including phenoxy) is 2. The van der Waals surface area contributed by atoms with E-state index >= 15 is 0 Å². The molecule has 0 aromatic heterocycles. The molecule has 0 saturated heterocycles. The Morgan fingerprint density at radius 3 is 2.18 bits per heavy atom. The summed E-state index contributed by atoms with van der Waals surface area (Å²) in [4.78, 5) is 59.6. The Labute approximate surface area is 198 Å². The van der Waals surface area contributed by atoms with Crippen molar-refractivity contribution in [3.8, 4) is 0 Å². The first-order valence-electron chi connectivity index (χ1n) is 10.8. The number of rotatable bonds is 12. The summed E-state index contributed by atoms with van der Waals surface area (Å²) in [6, 6.07) is 7.02. The first kappa shape index (κ1) is 28.4. The SMILES string of the molecule is COC(=O)[C@@H](CCC(=O)O)NC(=O)CCNC(=O)[C@H](Cc1ccccc1)NC(=O)OC(C)(C)C. The fraction of sp³-hybridized carbons (Fsp3) is 0.522. The van der Waals surface area contributed by atoms with E-state index in [1.807, 2.05) is 30.3 Å². The minimum absolute atomic E-state index is 0.0707. The molecule has 0 bridgehead atoms. The van der Waals surface area contributed by atoms with E-state index in [1.165, 1.54) is 0 Å². The molecule has 0 saturated carbocycles. The predicted octanol–water partition coefficient (Wildman–Crippen LogP) is 1.15. The minimum atomic E-state index is -1.11. The quantitative estimate of drug-likeness (QED) is 0.325. The normalized spacial score (nSPS) is 12.6. The van der Waals surface area contributed by atoms with Crippen LogP contribution in [0.25, 0.3) is 0 Å². The highest BCUT2D eigenvalue weighted by molar-refractivity contribution is 5.87. The zero-order valence-corrected chi connectivity index (χ0v) is 19.9. The topological polar surface area (TPSA) is 160 Å². The van der Waals surface area contributed by atoms with Crippen LogP contribution in [0.3, 0.4) is 0 Å². The lowest BCUT2D eigenvalue weighted by atomic mass is 10.1. The monoisotopic (exact) mass is 479 g/mol. The molecular weight excluding hydrogens is 446 g/mol. The number of amides is 3. The van der Waals surface area contributed by atoms with Crippen LogP contribution in [0, 0.1) is 0 Å². The van der Waals surface area contributed by atoms with Crippen molar-refractivity contribution in [2.75, 3.05) is 13.7 Å². The molecule has 0 spiro atoms. The zero-order chi connectivity index (χ0) is 25.7. The van der Waals surface area contributed by atoms with Crippen molar-refractivity contribution in [3.63, 3.8) is 0 Å². The molecule has 188 valence electrons. The van der Waals surface area contributed by atoms with Crippen LogP contribution in [0.5, 0.6) is 0 Å². The van der Waals surface area contributed by atoms with Gasteiger partial charge in [-0.15, -0.1) is 0 Å². The van der Waals surface area contributed by atoms with Crippen molar-refractivity contribution in [3.05, 3.63) is 35.9 Å². The highest BCUT2D eigenvalue weighted by atomic mass is 16.6. The predicted molar refractivity (Wildman–Crippen MR) is 122 cm³/mol. The number of esters is 1. The third kappa shape index (κ3) is 11.8. The van der Waals surface area contributed by atoms with Gasteiger partial charge in [-0.2, -0.15) is 0 Å². The summed E-state index contributed by atoms with van der Waals surface area (Å²) in [7, 11) is 1.13. The molecule has 4 N–H and O–H groups in total. The Morgan fingerprint density at radius 1 is 0.971 bits per heavy atom. The molecular formula is C23H33N3O8. The number of benzene rings is 1. The maximum Gasteiger partial charge on any atom is 0.408 e. The molecule has 3 amide bonds. The van der Waals surface area contributed by atoms with E-state index in [2.05, 4.69) is 20.7 Å². The lowest BCUT2D eigenvalue weighted by molar-refractivity contribution is -0.146. The number of alkyl carbamates (subject to hydrolysis) is 1. The molecule has 1 aromatic rings. The van der Waals surface area contributed by atoms with Crippen LogP contribution >= 0.6 is 0 Å². The van der Waals surface area contributed by atoms with Crippen LogP contribution in [0.1, 0.15) is 45.6 Å². The number of aliphatic carboxylic acids is 1. The average Bonchev–Trinajstić information content (AvgIpc) is 2.74. The number of methoxy groups -OCH3 is 1. The van der Waals surface area contributed by atoms with Crippen molar-refractivity contribution in [1.82, 2.24) is 16.0 Å². The lowest BCUT2D eigenvalue weighted by Gasteiger charge is -2.23. The maximum absolute atomic E-state index is 12.7. The second-order valence-electron chi connectivity index (χ2n) is 8.51. The van der Waals surface area contributed by atoms with Gasteiger partial charge in [0, 0.05) is 25.8 Å². The standard InChI is InChI=1S/C23H33N3O8/c1-23(2,3)34-22(32)26-17(14-15-8-6-5-7-9-15)20(30)24-13-12-18(27)25-16(21(31)33-4)10-11-19(28)29/h5-9,16-17H,10-14H2,1-4H3,(H,24,30)(H,25,27)(H,26,32)(H,28,29)/t16-,17+/m1/s1. The Bertz CT molecular complexity index is 852. The van der Waals surface area contributed by atoms with Gasteiger partial charge < -0.3 is 30.5 Å².